The Kier molecular flexibility index (Phi) is 5.33. The highest BCUT2D eigenvalue weighted by molar-refractivity contribution is 5.89. The largest absolute Gasteiger partial charge is 0.487 e. The number of benzene rings is 1. The number of aliphatic hydroxyl groups excluding tert-OH is 1. The quantitative estimate of drug-likeness (QED) is 0.489. The molecule has 146 valence electrons. The van der Waals surface area contributed by atoms with E-state index in [2.05, 4.69) is 15.0 Å². The first-order chi connectivity index (χ1) is 14.2. The summed E-state index contributed by atoms with van der Waals surface area (Å²) in [5.41, 5.74) is 9.38. The highest BCUT2D eigenvalue weighted by Crippen LogP contribution is 2.32. The van der Waals surface area contributed by atoms with Gasteiger partial charge in [-0.1, -0.05) is 6.07 Å². The molecule has 1 unspecified atom stereocenters. The molecule has 1 aromatic carbocycles. The van der Waals surface area contributed by atoms with Gasteiger partial charge in [0.25, 0.3) is 0 Å². The van der Waals surface area contributed by atoms with Gasteiger partial charge in [0, 0.05) is 41.2 Å². The number of nitrogens with two attached hydrogens (primary N) is 1. The van der Waals surface area contributed by atoms with Crippen molar-refractivity contribution in [1.29, 1.82) is 0 Å². The Hall–Kier alpha value is -3.55. The molecule has 0 spiro atoms. The van der Waals surface area contributed by atoms with E-state index in [9.17, 15) is 5.11 Å². The molecule has 7 nitrogen and oxygen atoms in total. The van der Waals surface area contributed by atoms with Crippen LogP contribution in [0.15, 0.2) is 67.1 Å². The van der Waals surface area contributed by atoms with Crippen LogP contribution in [0.4, 0.5) is 0 Å². The van der Waals surface area contributed by atoms with Gasteiger partial charge in [-0.15, -0.1) is 0 Å². The number of aliphatic hydroxyl groups is 1. The molecule has 3 aromatic heterocycles. The number of pyridine rings is 3. The molecule has 0 bridgehead atoms. The second kappa shape index (κ2) is 8.22. The van der Waals surface area contributed by atoms with Gasteiger partial charge in [-0.2, -0.15) is 0 Å². The van der Waals surface area contributed by atoms with Crippen molar-refractivity contribution < 1.29 is 14.6 Å². The third kappa shape index (κ3) is 4.01. The minimum atomic E-state index is -1.11. The van der Waals surface area contributed by atoms with Crippen LogP contribution in [0.2, 0.25) is 0 Å². The Morgan fingerprint density at radius 2 is 1.83 bits per heavy atom. The van der Waals surface area contributed by atoms with E-state index < -0.39 is 6.23 Å². The summed E-state index contributed by atoms with van der Waals surface area (Å²) in [5.74, 6) is 1.21. The monoisotopic (exact) mass is 388 g/mol. The molecule has 3 heterocycles. The molecule has 3 N–H and O–H groups in total. The van der Waals surface area contributed by atoms with Crippen molar-refractivity contribution in [2.24, 2.45) is 5.73 Å². The molecule has 0 aliphatic carbocycles. The van der Waals surface area contributed by atoms with Gasteiger partial charge in [-0.25, -0.2) is 4.98 Å². The maximum atomic E-state index is 9.76. The number of fused-ring (bicyclic) bond motifs is 1. The maximum Gasteiger partial charge on any atom is 0.212 e. The fraction of sp³-hybridized carbons (Fsp3) is 0.136. The summed E-state index contributed by atoms with van der Waals surface area (Å²) in [7, 11) is 1.58. The Labute approximate surface area is 167 Å². The van der Waals surface area contributed by atoms with Gasteiger partial charge in [0.1, 0.15) is 18.6 Å². The average molecular weight is 388 g/mol. The standard InChI is InChI=1S/C22H20N4O3/c1-28-21-7-6-14(12-26-21)15-10-18-16(4-2-8-24-18)20(11-15)29-13-19-17(22(23)27)5-3-9-25-19/h2-12,22,27H,13,23H2,1H3. The third-order valence-corrected chi connectivity index (χ3v) is 4.57. The third-order valence-electron chi connectivity index (χ3n) is 4.57. The molecule has 7 heteroatoms. The van der Waals surface area contributed by atoms with Crippen LogP contribution < -0.4 is 15.2 Å². The molecular formula is C22H20N4O3. The lowest BCUT2D eigenvalue weighted by atomic mass is 10.0. The number of hydrogen-bond acceptors (Lipinski definition) is 7. The Bertz CT molecular complexity index is 1130. The normalized spacial score (nSPS) is 12.0. The first-order valence-electron chi connectivity index (χ1n) is 9.05. The van der Waals surface area contributed by atoms with Gasteiger partial charge in [-0.3, -0.25) is 9.97 Å². The van der Waals surface area contributed by atoms with Crippen LogP contribution in [0, 0.1) is 0 Å². The van der Waals surface area contributed by atoms with E-state index in [1.165, 1.54) is 0 Å². The van der Waals surface area contributed by atoms with Crippen LogP contribution in [0.25, 0.3) is 22.0 Å². The van der Waals surface area contributed by atoms with Crippen LogP contribution in [-0.4, -0.2) is 27.2 Å². The predicted molar refractivity (Wildman–Crippen MR) is 109 cm³/mol. The lowest BCUT2D eigenvalue weighted by Gasteiger charge is -2.14. The fourth-order valence-corrected chi connectivity index (χ4v) is 3.09. The average Bonchev–Trinajstić information content (AvgIpc) is 2.77. The zero-order valence-electron chi connectivity index (χ0n) is 15.8. The molecule has 0 radical (unpaired) electrons. The van der Waals surface area contributed by atoms with Crippen molar-refractivity contribution in [3.8, 4) is 22.8 Å². The van der Waals surface area contributed by atoms with E-state index in [1.807, 2.05) is 30.3 Å². The van der Waals surface area contributed by atoms with Crippen molar-refractivity contribution >= 4 is 10.9 Å². The summed E-state index contributed by atoms with van der Waals surface area (Å²) in [6, 6.07) is 14.9. The number of aromatic nitrogens is 3. The lowest BCUT2D eigenvalue weighted by Crippen LogP contribution is -2.13. The zero-order valence-corrected chi connectivity index (χ0v) is 15.8. The number of rotatable bonds is 6. The topological polar surface area (TPSA) is 103 Å². The van der Waals surface area contributed by atoms with Crippen LogP contribution in [-0.2, 0) is 6.61 Å². The summed E-state index contributed by atoms with van der Waals surface area (Å²) in [6.45, 7) is 0.165. The second-order valence-electron chi connectivity index (χ2n) is 6.41. The van der Waals surface area contributed by atoms with Gasteiger partial charge in [0.05, 0.1) is 18.3 Å². The number of methoxy groups -OCH3 is 1. The van der Waals surface area contributed by atoms with Gasteiger partial charge < -0.3 is 20.3 Å². The highest BCUT2D eigenvalue weighted by Gasteiger charge is 2.12. The molecule has 1 atom stereocenters. The van der Waals surface area contributed by atoms with E-state index in [1.54, 1.807) is 43.9 Å². The van der Waals surface area contributed by atoms with Crippen LogP contribution in [0.5, 0.6) is 11.6 Å². The molecular weight excluding hydrogens is 368 g/mol. The predicted octanol–water partition coefficient (Wildman–Crippen LogP) is 3.23. The number of nitrogens with zero attached hydrogens (tertiary/aromatic N) is 3. The van der Waals surface area contributed by atoms with E-state index in [0.717, 1.165) is 22.0 Å². The van der Waals surface area contributed by atoms with E-state index in [4.69, 9.17) is 15.2 Å². The molecule has 0 saturated carbocycles. The summed E-state index contributed by atoms with van der Waals surface area (Å²) >= 11 is 0. The Balaban J connectivity index is 1.71. The minimum Gasteiger partial charge on any atom is -0.487 e. The van der Waals surface area contributed by atoms with Crippen molar-refractivity contribution in [1.82, 2.24) is 15.0 Å². The number of ether oxygens (including phenoxy) is 2. The van der Waals surface area contributed by atoms with Crippen molar-refractivity contribution in [3.05, 3.63) is 78.4 Å². The summed E-state index contributed by atoms with van der Waals surface area (Å²) in [4.78, 5) is 13.0. The van der Waals surface area contributed by atoms with Gasteiger partial charge in [0.2, 0.25) is 5.88 Å². The fourth-order valence-electron chi connectivity index (χ4n) is 3.09. The Morgan fingerprint density at radius 3 is 2.59 bits per heavy atom. The molecule has 0 aliphatic rings. The maximum absolute atomic E-state index is 9.76. The molecule has 4 aromatic rings. The Morgan fingerprint density at radius 1 is 1.00 bits per heavy atom. The first kappa shape index (κ1) is 18.8. The van der Waals surface area contributed by atoms with Crippen LogP contribution in [0.1, 0.15) is 17.5 Å². The molecule has 29 heavy (non-hydrogen) atoms. The highest BCUT2D eigenvalue weighted by atomic mass is 16.5. The van der Waals surface area contributed by atoms with E-state index in [0.29, 0.717) is 22.9 Å². The molecule has 0 aliphatic heterocycles. The zero-order chi connectivity index (χ0) is 20.2. The van der Waals surface area contributed by atoms with Crippen molar-refractivity contribution in [2.75, 3.05) is 7.11 Å². The summed E-state index contributed by atoms with van der Waals surface area (Å²) < 4.78 is 11.2. The lowest BCUT2D eigenvalue weighted by molar-refractivity contribution is 0.181. The SMILES string of the molecule is COc1ccc(-c2cc(OCc3ncccc3C(N)O)c3cccnc3c2)cn1. The van der Waals surface area contributed by atoms with Crippen LogP contribution in [0.3, 0.4) is 0 Å². The van der Waals surface area contributed by atoms with E-state index in [-0.39, 0.29) is 6.61 Å². The van der Waals surface area contributed by atoms with E-state index >= 15 is 0 Å². The number of hydrogen-bond donors (Lipinski definition) is 2. The minimum absolute atomic E-state index is 0.165. The molecule has 0 saturated heterocycles. The summed E-state index contributed by atoms with van der Waals surface area (Å²) in [6.07, 6.45) is 4.01. The smallest absolute Gasteiger partial charge is 0.212 e. The van der Waals surface area contributed by atoms with Crippen LogP contribution >= 0.6 is 0 Å². The molecule has 0 fully saturated rings. The van der Waals surface area contributed by atoms with Gasteiger partial charge in [-0.05, 0) is 42.0 Å². The molecule has 4 rings (SSSR count). The summed E-state index contributed by atoms with van der Waals surface area (Å²) in [5, 5.41) is 10.6. The van der Waals surface area contributed by atoms with Gasteiger partial charge >= 0.3 is 0 Å². The van der Waals surface area contributed by atoms with Crippen molar-refractivity contribution in [2.45, 2.75) is 12.8 Å². The van der Waals surface area contributed by atoms with Gasteiger partial charge in [0.15, 0.2) is 0 Å². The van der Waals surface area contributed by atoms with Crippen molar-refractivity contribution in [3.63, 3.8) is 0 Å². The molecule has 0 amide bonds. The second-order valence-corrected chi connectivity index (χ2v) is 6.41. The first-order valence-corrected chi connectivity index (χ1v) is 9.05.